The molecule has 1 aliphatic rings. The van der Waals surface area contributed by atoms with E-state index in [4.69, 9.17) is 0 Å². The number of nitrogens with zero attached hydrogens (tertiary/aromatic N) is 3. The Kier molecular flexibility index (Phi) is 2.62. The van der Waals surface area contributed by atoms with E-state index >= 15 is 0 Å². The van der Waals surface area contributed by atoms with E-state index in [2.05, 4.69) is 10.3 Å². The molecule has 0 aromatic carbocycles. The van der Waals surface area contributed by atoms with Gasteiger partial charge in [-0.15, -0.1) is 0 Å². The first-order chi connectivity index (χ1) is 7.27. The van der Waals surface area contributed by atoms with Gasteiger partial charge in [-0.1, -0.05) is 6.07 Å². The number of urea groups is 1. The Hall–Kier alpha value is -1.91. The van der Waals surface area contributed by atoms with Crippen LogP contribution in [-0.4, -0.2) is 34.9 Å². The average molecular weight is 204 g/mol. The number of imide groups is 1. The monoisotopic (exact) mass is 204 g/mol. The van der Waals surface area contributed by atoms with Crippen molar-refractivity contribution in [3.63, 3.8) is 0 Å². The Morgan fingerprint density at radius 3 is 2.80 bits per heavy atom. The van der Waals surface area contributed by atoms with Gasteiger partial charge in [0.25, 0.3) is 5.91 Å². The van der Waals surface area contributed by atoms with Gasteiger partial charge in [-0.05, 0) is 12.1 Å². The predicted molar refractivity (Wildman–Crippen MR) is 52.1 cm³/mol. The van der Waals surface area contributed by atoms with E-state index in [0.717, 1.165) is 10.6 Å². The van der Waals surface area contributed by atoms with Gasteiger partial charge in [0.1, 0.15) is 6.54 Å². The lowest BCUT2D eigenvalue weighted by molar-refractivity contribution is -0.124. The molecule has 1 aromatic rings. The van der Waals surface area contributed by atoms with Gasteiger partial charge in [0.05, 0.1) is 0 Å². The summed E-state index contributed by atoms with van der Waals surface area (Å²) in [6.07, 6.45) is 2.27. The molecule has 3 amide bonds. The number of hydrogen-bond acceptors (Lipinski definition) is 3. The number of pyridine rings is 1. The van der Waals surface area contributed by atoms with Crippen LogP contribution in [0.3, 0.4) is 0 Å². The predicted octanol–water partition coefficient (Wildman–Crippen LogP) is 0.191. The molecule has 0 spiro atoms. The van der Waals surface area contributed by atoms with E-state index < -0.39 is 6.03 Å². The first-order valence-electron chi connectivity index (χ1n) is 4.69. The molecule has 5 heteroatoms. The van der Waals surface area contributed by atoms with Crippen molar-refractivity contribution in [2.45, 2.75) is 6.42 Å². The Labute approximate surface area is 87.1 Å². The van der Waals surface area contributed by atoms with Crippen LogP contribution in [0.25, 0.3) is 0 Å². The van der Waals surface area contributed by atoms with E-state index in [0.29, 0.717) is 13.0 Å². The molecule has 1 radical (unpaired) electrons. The quantitative estimate of drug-likeness (QED) is 0.660. The lowest BCUT2D eigenvalue weighted by Crippen LogP contribution is -2.31. The molecule has 2 heterocycles. The molecule has 0 unspecified atom stereocenters. The van der Waals surface area contributed by atoms with Gasteiger partial charge in [0.2, 0.25) is 0 Å². The molecular formula is C10H10N3O2. The lowest BCUT2D eigenvalue weighted by atomic mass is 10.2. The third kappa shape index (κ3) is 2.12. The standard InChI is InChI=1S/C10H10N3O2/c14-9-7-12-10(15)13(9)6-4-8-3-1-2-5-11-8/h1-3,5H,4,6-7H2. The van der Waals surface area contributed by atoms with Crippen LogP contribution in [0.4, 0.5) is 4.79 Å². The van der Waals surface area contributed by atoms with E-state index in [1.807, 2.05) is 18.2 Å². The maximum atomic E-state index is 11.2. The van der Waals surface area contributed by atoms with E-state index in [-0.39, 0.29) is 12.5 Å². The molecule has 0 aliphatic carbocycles. The first-order valence-corrected chi connectivity index (χ1v) is 4.69. The van der Waals surface area contributed by atoms with Gasteiger partial charge in [-0.2, -0.15) is 0 Å². The molecule has 1 aromatic heterocycles. The number of carbonyl (C=O) groups excluding carboxylic acids is 2. The van der Waals surface area contributed by atoms with Gasteiger partial charge in [0.15, 0.2) is 0 Å². The zero-order chi connectivity index (χ0) is 10.7. The van der Waals surface area contributed by atoms with E-state index in [9.17, 15) is 9.59 Å². The van der Waals surface area contributed by atoms with Crippen LogP contribution >= 0.6 is 0 Å². The largest absolute Gasteiger partial charge is 0.346 e. The number of aromatic nitrogens is 1. The highest BCUT2D eigenvalue weighted by atomic mass is 16.2. The highest BCUT2D eigenvalue weighted by molar-refractivity contribution is 6.01. The zero-order valence-corrected chi connectivity index (χ0v) is 8.09. The topological polar surface area (TPSA) is 64.4 Å². The minimum Gasteiger partial charge on any atom is -0.272 e. The maximum Gasteiger partial charge on any atom is 0.346 e. The molecule has 0 saturated carbocycles. The van der Waals surface area contributed by atoms with Crippen molar-refractivity contribution in [2.24, 2.45) is 0 Å². The van der Waals surface area contributed by atoms with Crippen molar-refractivity contribution < 1.29 is 9.59 Å². The normalized spacial score (nSPS) is 15.6. The van der Waals surface area contributed by atoms with Crippen LogP contribution in [0, 0.1) is 0 Å². The van der Waals surface area contributed by atoms with E-state index in [1.54, 1.807) is 6.20 Å². The summed E-state index contributed by atoms with van der Waals surface area (Å²) in [5, 5.41) is 3.53. The molecular weight excluding hydrogens is 194 g/mol. The van der Waals surface area contributed by atoms with Crippen LogP contribution < -0.4 is 5.32 Å². The fraction of sp³-hybridized carbons (Fsp3) is 0.300. The van der Waals surface area contributed by atoms with Crippen molar-refractivity contribution in [1.82, 2.24) is 15.2 Å². The molecule has 0 atom stereocenters. The fourth-order valence-electron chi connectivity index (χ4n) is 1.41. The Bertz CT molecular complexity index is 362. The summed E-state index contributed by atoms with van der Waals surface area (Å²) >= 11 is 0. The molecule has 77 valence electrons. The molecule has 5 nitrogen and oxygen atoms in total. The number of carbonyl (C=O) groups is 2. The van der Waals surface area contributed by atoms with E-state index in [1.165, 1.54) is 0 Å². The van der Waals surface area contributed by atoms with Crippen LogP contribution in [0.15, 0.2) is 24.4 Å². The molecule has 1 saturated heterocycles. The summed E-state index contributed by atoms with van der Waals surface area (Å²) in [7, 11) is 0. The highest BCUT2D eigenvalue weighted by Gasteiger charge is 2.29. The smallest absolute Gasteiger partial charge is 0.272 e. The Morgan fingerprint density at radius 2 is 2.20 bits per heavy atom. The minimum atomic E-state index is -0.434. The number of amides is 3. The average Bonchev–Trinajstić information content (AvgIpc) is 2.58. The van der Waals surface area contributed by atoms with Gasteiger partial charge in [-0.25, -0.2) is 10.1 Å². The van der Waals surface area contributed by atoms with Gasteiger partial charge < -0.3 is 0 Å². The van der Waals surface area contributed by atoms with Crippen LogP contribution in [0.2, 0.25) is 0 Å². The van der Waals surface area contributed by atoms with Crippen LogP contribution in [-0.2, 0) is 11.2 Å². The van der Waals surface area contributed by atoms with Crippen molar-refractivity contribution in [3.8, 4) is 0 Å². The number of rotatable bonds is 3. The van der Waals surface area contributed by atoms with Crippen molar-refractivity contribution >= 4 is 11.9 Å². The second-order valence-electron chi connectivity index (χ2n) is 3.22. The molecule has 0 N–H and O–H groups in total. The number of hydrogen-bond donors (Lipinski definition) is 0. The molecule has 1 fully saturated rings. The maximum absolute atomic E-state index is 11.2. The lowest BCUT2D eigenvalue weighted by Gasteiger charge is -2.10. The van der Waals surface area contributed by atoms with Gasteiger partial charge >= 0.3 is 6.03 Å². The Balaban J connectivity index is 1.93. The SMILES string of the molecule is O=C1C[N]C(=O)N1CCc1ccccn1. The summed E-state index contributed by atoms with van der Waals surface area (Å²) in [6, 6.07) is 5.13. The Morgan fingerprint density at radius 1 is 1.33 bits per heavy atom. The second kappa shape index (κ2) is 4.08. The van der Waals surface area contributed by atoms with Crippen LogP contribution in [0.5, 0.6) is 0 Å². The summed E-state index contributed by atoms with van der Waals surface area (Å²) in [4.78, 5) is 27.6. The van der Waals surface area contributed by atoms with Crippen molar-refractivity contribution in [1.29, 1.82) is 0 Å². The van der Waals surface area contributed by atoms with Gasteiger partial charge in [-0.3, -0.25) is 14.7 Å². The van der Waals surface area contributed by atoms with Crippen molar-refractivity contribution in [3.05, 3.63) is 30.1 Å². The third-order valence-corrected chi connectivity index (χ3v) is 2.20. The minimum absolute atomic E-state index is 0.0128. The summed E-state index contributed by atoms with van der Waals surface area (Å²) in [5.74, 6) is -0.226. The summed E-state index contributed by atoms with van der Waals surface area (Å²) < 4.78 is 0. The molecule has 0 bridgehead atoms. The van der Waals surface area contributed by atoms with Gasteiger partial charge in [0, 0.05) is 24.9 Å². The molecule has 15 heavy (non-hydrogen) atoms. The third-order valence-electron chi connectivity index (χ3n) is 2.20. The fourth-order valence-corrected chi connectivity index (χ4v) is 1.41. The first kappa shape index (κ1) is 9.64. The molecule has 1 aliphatic heterocycles. The van der Waals surface area contributed by atoms with Crippen molar-refractivity contribution in [2.75, 3.05) is 13.1 Å². The molecule has 2 rings (SSSR count). The highest BCUT2D eigenvalue weighted by Crippen LogP contribution is 2.03. The van der Waals surface area contributed by atoms with Crippen LogP contribution in [0.1, 0.15) is 5.69 Å². The zero-order valence-electron chi connectivity index (χ0n) is 8.09. The second-order valence-corrected chi connectivity index (χ2v) is 3.22. The summed E-state index contributed by atoms with van der Waals surface area (Å²) in [6.45, 7) is 0.346. The summed E-state index contributed by atoms with van der Waals surface area (Å²) in [5.41, 5.74) is 0.866.